The summed E-state index contributed by atoms with van der Waals surface area (Å²) in [7, 11) is 0. The lowest BCUT2D eigenvalue weighted by Crippen LogP contribution is -2.52. The molecule has 13 heteroatoms. The fourth-order valence-electron chi connectivity index (χ4n) is 6.21. The number of ether oxygens (including phenoxy) is 5. The molecule has 11 nitrogen and oxygen atoms in total. The van der Waals surface area contributed by atoms with Crippen LogP contribution in [0.15, 0.2) is 89.4 Å². The number of carbonyl (C=O) groups excluding carboxylic acids is 3. The molecule has 1 aromatic heterocycles. The zero-order valence-corrected chi connectivity index (χ0v) is 31.1. The van der Waals surface area contributed by atoms with Gasteiger partial charge in [-0.25, -0.2) is 0 Å². The predicted molar refractivity (Wildman–Crippen MR) is 203 cm³/mol. The summed E-state index contributed by atoms with van der Waals surface area (Å²) in [6, 6.07) is 25.5. The normalized spacial score (nSPS) is 15.5. The van der Waals surface area contributed by atoms with E-state index in [-0.39, 0.29) is 24.0 Å². The molecule has 1 fully saturated rings. The van der Waals surface area contributed by atoms with Gasteiger partial charge in [-0.05, 0) is 90.3 Å². The molecular weight excluding hydrogens is 764 g/mol. The molecular formula is C40H37BrN2O9S. The van der Waals surface area contributed by atoms with E-state index in [0.717, 1.165) is 36.3 Å². The summed E-state index contributed by atoms with van der Waals surface area (Å²) in [4.78, 5) is 39.1. The SMILES string of the molecule is O=C1CCC(N2Cc3cc(OCCCOCCOCCOc4ccc(Oc5c(-c6ccc(Br)cc6)sc6cc(O)ccc56)cc4)ccc3C2=O)C(=O)N1. The van der Waals surface area contributed by atoms with Crippen molar-refractivity contribution in [2.75, 3.05) is 39.6 Å². The number of carbonyl (C=O) groups is 3. The van der Waals surface area contributed by atoms with Gasteiger partial charge in [-0.3, -0.25) is 19.7 Å². The van der Waals surface area contributed by atoms with Crippen molar-refractivity contribution in [3.8, 4) is 39.2 Å². The van der Waals surface area contributed by atoms with Gasteiger partial charge in [0.25, 0.3) is 5.91 Å². The number of phenolic OH excluding ortho intramolecular Hbond substituents is 1. The number of piperidine rings is 1. The Morgan fingerprint density at radius 2 is 1.51 bits per heavy atom. The Bertz CT molecular complexity index is 2100. The van der Waals surface area contributed by atoms with Crippen molar-refractivity contribution in [3.63, 3.8) is 0 Å². The highest BCUT2D eigenvalue weighted by Gasteiger charge is 2.39. The summed E-state index contributed by atoms with van der Waals surface area (Å²) < 4.78 is 31.4. The number of benzene rings is 4. The lowest BCUT2D eigenvalue weighted by atomic mass is 10.0. The molecule has 4 aromatic carbocycles. The van der Waals surface area contributed by atoms with Crippen LogP contribution in [0.3, 0.4) is 0 Å². The van der Waals surface area contributed by atoms with Crippen LogP contribution in [0.4, 0.5) is 0 Å². The molecule has 0 spiro atoms. The zero-order valence-electron chi connectivity index (χ0n) is 28.7. The highest BCUT2D eigenvalue weighted by Crippen LogP contribution is 2.47. The number of hydrogen-bond donors (Lipinski definition) is 2. The second-order valence-corrected chi connectivity index (χ2v) is 14.5. The molecule has 7 rings (SSSR count). The Morgan fingerprint density at radius 3 is 2.30 bits per heavy atom. The minimum atomic E-state index is -0.639. The van der Waals surface area contributed by atoms with E-state index in [2.05, 4.69) is 21.2 Å². The Hall–Kier alpha value is -4.95. The number of hydrogen-bond acceptors (Lipinski definition) is 10. The number of amides is 3. The summed E-state index contributed by atoms with van der Waals surface area (Å²) in [5.41, 5.74) is 2.38. The van der Waals surface area contributed by atoms with Gasteiger partial charge in [0.05, 0.1) is 31.3 Å². The summed E-state index contributed by atoms with van der Waals surface area (Å²) in [6.07, 6.45) is 1.23. The lowest BCUT2D eigenvalue weighted by Gasteiger charge is -2.29. The highest BCUT2D eigenvalue weighted by atomic mass is 79.9. The van der Waals surface area contributed by atoms with Crippen LogP contribution in [0.2, 0.25) is 0 Å². The van der Waals surface area contributed by atoms with Crippen molar-refractivity contribution in [1.82, 2.24) is 10.2 Å². The number of imide groups is 1. The Morgan fingerprint density at radius 1 is 0.792 bits per heavy atom. The van der Waals surface area contributed by atoms with E-state index in [1.165, 1.54) is 4.90 Å². The van der Waals surface area contributed by atoms with Crippen LogP contribution < -0.4 is 19.5 Å². The maximum Gasteiger partial charge on any atom is 0.255 e. The summed E-state index contributed by atoms with van der Waals surface area (Å²) in [6.45, 7) is 2.95. The average molecular weight is 802 g/mol. The van der Waals surface area contributed by atoms with E-state index in [9.17, 15) is 19.5 Å². The van der Waals surface area contributed by atoms with Crippen molar-refractivity contribution in [2.45, 2.75) is 31.8 Å². The van der Waals surface area contributed by atoms with Crippen molar-refractivity contribution in [2.24, 2.45) is 0 Å². The number of fused-ring (bicyclic) bond motifs is 2. The summed E-state index contributed by atoms with van der Waals surface area (Å²) >= 11 is 5.07. The van der Waals surface area contributed by atoms with Crippen LogP contribution in [0.5, 0.6) is 28.7 Å². The maximum absolute atomic E-state index is 12.9. The predicted octanol–water partition coefficient (Wildman–Crippen LogP) is 7.47. The van der Waals surface area contributed by atoms with Gasteiger partial charge in [0, 0.05) is 46.1 Å². The van der Waals surface area contributed by atoms with Crippen LogP contribution in [0, 0.1) is 0 Å². The minimum Gasteiger partial charge on any atom is -0.508 e. The first-order chi connectivity index (χ1) is 25.8. The minimum absolute atomic E-state index is 0.206. The standard InChI is InChI=1S/C40H37BrN2O9S/c41-27-4-2-25(3-5-27)38-37(33-12-6-28(44)23-35(33)53-38)52-30-9-7-29(8-10-30)51-21-20-49-19-18-48-16-1-17-50-31-11-13-32-26(22-31)24-43(40(32)47)34-14-15-36(45)42-39(34)46/h2-13,22-23,34,44H,1,14-21,24H2,(H,42,45,46). The molecule has 3 amide bonds. The maximum atomic E-state index is 12.9. The molecule has 2 aliphatic heterocycles. The van der Waals surface area contributed by atoms with Gasteiger partial charge in [-0.2, -0.15) is 0 Å². The van der Waals surface area contributed by atoms with Gasteiger partial charge in [0.2, 0.25) is 11.8 Å². The van der Waals surface area contributed by atoms with Crippen LogP contribution in [-0.4, -0.2) is 73.4 Å². The van der Waals surface area contributed by atoms with Crippen molar-refractivity contribution in [3.05, 3.63) is 101 Å². The quantitative estimate of drug-likeness (QED) is 0.0771. The number of aromatic hydroxyl groups is 1. The monoisotopic (exact) mass is 800 g/mol. The fraction of sp³-hybridized carbons (Fsp3) is 0.275. The third-order valence-electron chi connectivity index (χ3n) is 8.84. The largest absolute Gasteiger partial charge is 0.508 e. The average Bonchev–Trinajstić information content (AvgIpc) is 3.67. The van der Waals surface area contributed by atoms with E-state index in [0.29, 0.717) is 81.8 Å². The first-order valence-electron chi connectivity index (χ1n) is 17.3. The third kappa shape index (κ3) is 8.82. The van der Waals surface area contributed by atoms with Crippen molar-refractivity contribution >= 4 is 55.1 Å². The Labute approximate surface area is 318 Å². The van der Waals surface area contributed by atoms with Gasteiger partial charge in [-0.15, -0.1) is 11.3 Å². The highest BCUT2D eigenvalue weighted by molar-refractivity contribution is 9.10. The smallest absolute Gasteiger partial charge is 0.255 e. The molecule has 274 valence electrons. The van der Waals surface area contributed by atoms with Gasteiger partial charge in [0.15, 0.2) is 5.75 Å². The lowest BCUT2D eigenvalue weighted by molar-refractivity contribution is -0.136. The number of nitrogens with zero attached hydrogens (tertiary/aromatic N) is 1. The van der Waals surface area contributed by atoms with Crippen LogP contribution in [-0.2, 0) is 25.6 Å². The molecule has 0 saturated carbocycles. The number of nitrogens with one attached hydrogen (secondary N) is 1. The van der Waals surface area contributed by atoms with E-state index in [4.69, 9.17) is 23.7 Å². The molecule has 53 heavy (non-hydrogen) atoms. The number of rotatable bonds is 16. The van der Waals surface area contributed by atoms with Gasteiger partial charge >= 0.3 is 0 Å². The molecule has 2 aliphatic rings. The molecule has 1 saturated heterocycles. The van der Waals surface area contributed by atoms with Crippen LogP contribution in [0.25, 0.3) is 20.5 Å². The van der Waals surface area contributed by atoms with E-state index < -0.39 is 11.9 Å². The Balaban J connectivity index is 0.777. The fourth-order valence-corrected chi connectivity index (χ4v) is 7.64. The Kier molecular flexibility index (Phi) is 11.5. The number of thiophene rings is 1. The molecule has 0 radical (unpaired) electrons. The second-order valence-electron chi connectivity index (χ2n) is 12.5. The molecule has 1 atom stereocenters. The third-order valence-corrected chi connectivity index (χ3v) is 10.6. The summed E-state index contributed by atoms with van der Waals surface area (Å²) in [5.74, 6) is 2.04. The van der Waals surface area contributed by atoms with Crippen molar-refractivity contribution in [1.29, 1.82) is 0 Å². The zero-order chi connectivity index (χ0) is 36.7. The molecule has 5 aromatic rings. The van der Waals surface area contributed by atoms with Crippen LogP contribution >= 0.6 is 27.3 Å². The molecule has 0 aliphatic carbocycles. The topological polar surface area (TPSA) is 133 Å². The van der Waals surface area contributed by atoms with Crippen LogP contribution in [0.1, 0.15) is 35.2 Å². The van der Waals surface area contributed by atoms with E-state index in [1.807, 2.05) is 60.7 Å². The van der Waals surface area contributed by atoms with E-state index in [1.54, 1.807) is 35.6 Å². The number of phenols is 1. The van der Waals surface area contributed by atoms with Gasteiger partial charge in [-0.1, -0.05) is 28.1 Å². The van der Waals surface area contributed by atoms with Gasteiger partial charge in [0.1, 0.15) is 35.6 Å². The summed E-state index contributed by atoms with van der Waals surface area (Å²) in [5, 5.41) is 13.3. The van der Waals surface area contributed by atoms with Gasteiger partial charge < -0.3 is 33.7 Å². The molecule has 1 unspecified atom stereocenters. The van der Waals surface area contributed by atoms with Crippen molar-refractivity contribution < 1.29 is 43.2 Å². The first kappa shape index (κ1) is 36.4. The second kappa shape index (κ2) is 16.8. The molecule has 2 N–H and O–H groups in total. The number of halogens is 1. The molecule has 0 bridgehead atoms. The molecule has 3 heterocycles. The van der Waals surface area contributed by atoms with E-state index >= 15 is 0 Å². The first-order valence-corrected chi connectivity index (χ1v) is 18.9.